The van der Waals surface area contributed by atoms with Crippen molar-refractivity contribution in [2.45, 2.75) is 33.2 Å². The largest absolute Gasteiger partial charge is 0.354 e. The summed E-state index contributed by atoms with van der Waals surface area (Å²) in [6.07, 6.45) is 6.48. The Hall–Kier alpha value is -0.790. The minimum Gasteiger partial charge on any atom is -0.354 e. The maximum atomic E-state index is 4.37. The smallest absolute Gasteiger partial charge is 0.193 e. The first-order chi connectivity index (χ1) is 9.19. The predicted octanol–water partition coefficient (Wildman–Crippen LogP) is 2.12. The van der Waals surface area contributed by atoms with Gasteiger partial charge in [-0.25, -0.2) is 0 Å². The maximum Gasteiger partial charge on any atom is 0.193 e. The second kappa shape index (κ2) is 8.49. The molecule has 0 bridgehead atoms. The summed E-state index contributed by atoms with van der Waals surface area (Å²) in [6.45, 7) is 8.35. The molecule has 0 atom stereocenters. The van der Waals surface area contributed by atoms with Gasteiger partial charge in [0.25, 0.3) is 0 Å². The Labute approximate surface area is 138 Å². The lowest BCUT2D eigenvalue weighted by atomic mass is 10.00. The van der Waals surface area contributed by atoms with Crippen LogP contribution in [0.15, 0.2) is 17.4 Å². The SMILES string of the molecule is CN=C(NCCn1cc(C)cn1)N1CCC(C)CC1.I. The summed E-state index contributed by atoms with van der Waals surface area (Å²) in [5.74, 6) is 1.87. The van der Waals surface area contributed by atoms with Crippen LogP contribution >= 0.6 is 24.0 Å². The van der Waals surface area contributed by atoms with E-state index in [1.807, 2.05) is 17.9 Å². The van der Waals surface area contributed by atoms with E-state index in [0.717, 1.165) is 38.1 Å². The number of aliphatic imine (C=N–C) groups is 1. The van der Waals surface area contributed by atoms with E-state index in [1.54, 1.807) is 0 Å². The number of halogens is 1. The number of rotatable bonds is 3. The van der Waals surface area contributed by atoms with Gasteiger partial charge in [-0.2, -0.15) is 5.10 Å². The van der Waals surface area contributed by atoms with Gasteiger partial charge in [0, 0.05) is 32.9 Å². The lowest BCUT2D eigenvalue weighted by Crippen LogP contribution is -2.46. The summed E-state index contributed by atoms with van der Waals surface area (Å²) in [4.78, 5) is 6.73. The van der Waals surface area contributed by atoms with Gasteiger partial charge in [0.05, 0.1) is 12.7 Å². The monoisotopic (exact) mass is 391 g/mol. The number of aryl methyl sites for hydroxylation is 1. The van der Waals surface area contributed by atoms with Gasteiger partial charge >= 0.3 is 0 Å². The van der Waals surface area contributed by atoms with Crippen LogP contribution in [-0.4, -0.2) is 47.3 Å². The zero-order valence-corrected chi connectivity index (χ0v) is 15.0. The Morgan fingerprint density at radius 1 is 1.45 bits per heavy atom. The highest BCUT2D eigenvalue weighted by molar-refractivity contribution is 14.0. The molecule has 114 valence electrons. The molecule has 6 heteroatoms. The van der Waals surface area contributed by atoms with Crippen LogP contribution in [-0.2, 0) is 6.54 Å². The van der Waals surface area contributed by atoms with Crippen molar-refractivity contribution in [2.24, 2.45) is 10.9 Å². The van der Waals surface area contributed by atoms with Crippen LogP contribution in [0.3, 0.4) is 0 Å². The van der Waals surface area contributed by atoms with Crippen LogP contribution in [0.5, 0.6) is 0 Å². The van der Waals surface area contributed by atoms with Crippen molar-refractivity contribution in [2.75, 3.05) is 26.7 Å². The van der Waals surface area contributed by atoms with E-state index in [9.17, 15) is 0 Å². The highest BCUT2D eigenvalue weighted by atomic mass is 127. The first kappa shape index (κ1) is 17.3. The fourth-order valence-corrected chi connectivity index (χ4v) is 2.42. The van der Waals surface area contributed by atoms with Gasteiger partial charge in [0.1, 0.15) is 0 Å². The molecule has 0 radical (unpaired) electrons. The third kappa shape index (κ3) is 4.96. The molecule has 2 rings (SSSR count). The van der Waals surface area contributed by atoms with Gasteiger partial charge < -0.3 is 10.2 Å². The zero-order valence-electron chi connectivity index (χ0n) is 12.7. The topological polar surface area (TPSA) is 45.5 Å². The summed E-state index contributed by atoms with van der Waals surface area (Å²) in [6, 6.07) is 0. The number of hydrogen-bond donors (Lipinski definition) is 1. The molecule has 1 saturated heterocycles. The molecule has 0 amide bonds. The van der Waals surface area contributed by atoms with E-state index in [2.05, 4.69) is 40.4 Å². The molecule has 0 aromatic carbocycles. The lowest BCUT2D eigenvalue weighted by molar-refractivity contribution is 0.273. The Bertz CT molecular complexity index is 421. The van der Waals surface area contributed by atoms with Crippen molar-refractivity contribution in [1.82, 2.24) is 20.0 Å². The molecule has 1 aliphatic rings. The maximum absolute atomic E-state index is 4.37. The van der Waals surface area contributed by atoms with Crippen molar-refractivity contribution < 1.29 is 0 Å². The molecule has 1 aliphatic heterocycles. The fourth-order valence-electron chi connectivity index (χ4n) is 2.42. The van der Waals surface area contributed by atoms with Crippen LogP contribution in [0.2, 0.25) is 0 Å². The van der Waals surface area contributed by atoms with E-state index in [-0.39, 0.29) is 24.0 Å². The van der Waals surface area contributed by atoms with E-state index in [4.69, 9.17) is 0 Å². The average molecular weight is 391 g/mol. The van der Waals surface area contributed by atoms with Crippen molar-refractivity contribution in [3.8, 4) is 0 Å². The van der Waals surface area contributed by atoms with Crippen LogP contribution in [0.25, 0.3) is 0 Å². The third-order valence-electron chi connectivity index (χ3n) is 3.68. The van der Waals surface area contributed by atoms with Crippen molar-refractivity contribution in [3.05, 3.63) is 18.0 Å². The van der Waals surface area contributed by atoms with Crippen LogP contribution in [0, 0.1) is 12.8 Å². The quantitative estimate of drug-likeness (QED) is 0.488. The normalized spacial score (nSPS) is 16.9. The molecule has 0 saturated carbocycles. The van der Waals surface area contributed by atoms with Gasteiger partial charge in [0.15, 0.2) is 5.96 Å². The van der Waals surface area contributed by atoms with E-state index < -0.39 is 0 Å². The minimum absolute atomic E-state index is 0. The van der Waals surface area contributed by atoms with Crippen molar-refractivity contribution in [3.63, 3.8) is 0 Å². The van der Waals surface area contributed by atoms with E-state index in [1.165, 1.54) is 18.4 Å². The number of guanidine groups is 1. The lowest BCUT2D eigenvalue weighted by Gasteiger charge is -2.32. The summed E-state index contributed by atoms with van der Waals surface area (Å²) >= 11 is 0. The van der Waals surface area contributed by atoms with Crippen molar-refractivity contribution >= 4 is 29.9 Å². The Morgan fingerprint density at radius 2 is 2.15 bits per heavy atom. The second-order valence-electron chi connectivity index (χ2n) is 5.42. The highest BCUT2D eigenvalue weighted by Crippen LogP contribution is 2.15. The standard InChI is InChI=1S/C14H25N5.HI/c1-12-4-7-18(8-5-12)14(15-3)16-6-9-19-11-13(2)10-17-19;/h10-12H,4-9H2,1-3H3,(H,15,16);1H. The molecular weight excluding hydrogens is 365 g/mol. The number of likely N-dealkylation sites (tertiary alicyclic amines) is 1. The summed E-state index contributed by atoms with van der Waals surface area (Å²) in [7, 11) is 1.86. The first-order valence-corrected chi connectivity index (χ1v) is 7.13. The number of aromatic nitrogens is 2. The molecule has 2 heterocycles. The predicted molar refractivity (Wildman–Crippen MR) is 93.7 cm³/mol. The van der Waals surface area contributed by atoms with Crippen molar-refractivity contribution in [1.29, 1.82) is 0 Å². The van der Waals surface area contributed by atoms with Gasteiger partial charge in [-0.05, 0) is 31.2 Å². The molecule has 5 nitrogen and oxygen atoms in total. The average Bonchev–Trinajstić information content (AvgIpc) is 2.82. The molecule has 0 aliphatic carbocycles. The number of nitrogens with zero attached hydrogens (tertiary/aromatic N) is 4. The first-order valence-electron chi connectivity index (χ1n) is 7.13. The molecular formula is C14H26IN5. The summed E-state index contributed by atoms with van der Waals surface area (Å²) in [5.41, 5.74) is 1.20. The van der Waals surface area contributed by atoms with Gasteiger partial charge in [0.2, 0.25) is 0 Å². The number of nitrogens with one attached hydrogen (secondary N) is 1. The second-order valence-corrected chi connectivity index (χ2v) is 5.42. The Balaban J connectivity index is 0.00000200. The Morgan fingerprint density at radius 3 is 2.70 bits per heavy atom. The fraction of sp³-hybridized carbons (Fsp3) is 0.714. The molecule has 1 N–H and O–H groups in total. The summed E-state index contributed by atoms with van der Waals surface area (Å²) in [5, 5.41) is 7.71. The number of hydrogen-bond acceptors (Lipinski definition) is 2. The van der Waals surface area contributed by atoms with Crippen LogP contribution in [0.1, 0.15) is 25.3 Å². The van der Waals surface area contributed by atoms with E-state index >= 15 is 0 Å². The zero-order chi connectivity index (χ0) is 13.7. The molecule has 1 aromatic heterocycles. The highest BCUT2D eigenvalue weighted by Gasteiger charge is 2.18. The molecule has 1 aromatic rings. The van der Waals surface area contributed by atoms with Crippen LogP contribution < -0.4 is 5.32 Å². The molecule has 1 fully saturated rings. The third-order valence-corrected chi connectivity index (χ3v) is 3.68. The minimum atomic E-state index is 0. The number of piperidine rings is 1. The van der Waals surface area contributed by atoms with Gasteiger partial charge in [-0.15, -0.1) is 24.0 Å². The molecule has 20 heavy (non-hydrogen) atoms. The van der Waals surface area contributed by atoms with Gasteiger partial charge in [-0.1, -0.05) is 6.92 Å². The molecule has 0 unspecified atom stereocenters. The van der Waals surface area contributed by atoms with E-state index in [0.29, 0.717) is 0 Å². The Kier molecular flexibility index (Phi) is 7.32. The van der Waals surface area contributed by atoms with Gasteiger partial charge in [-0.3, -0.25) is 9.67 Å². The molecule has 0 spiro atoms. The summed E-state index contributed by atoms with van der Waals surface area (Å²) < 4.78 is 1.97. The van der Waals surface area contributed by atoms with Crippen LogP contribution in [0.4, 0.5) is 0 Å².